The molecule has 138 valence electrons. The van der Waals surface area contributed by atoms with Gasteiger partial charge in [0.2, 0.25) is 5.91 Å². The average molecular weight is 363 g/mol. The number of nitrogens with zero attached hydrogens (tertiary/aromatic N) is 3. The molecular weight excluding hydrogens is 343 g/mol. The predicted molar refractivity (Wildman–Crippen MR) is 93.0 cm³/mol. The average Bonchev–Trinajstić information content (AvgIpc) is 3.04. The molecule has 4 rings (SSSR count). The maximum absolute atomic E-state index is 13.0. The zero-order valence-corrected chi connectivity index (χ0v) is 14.7. The Labute approximate surface area is 149 Å². The second kappa shape index (κ2) is 5.86. The Morgan fingerprint density at radius 3 is 2.69 bits per heavy atom. The number of carbonyl (C=O) groups excluding carboxylic acids is 1. The number of anilines is 1. The summed E-state index contributed by atoms with van der Waals surface area (Å²) in [7, 11) is 0. The maximum Gasteiger partial charge on any atom is 0.416 e. The molecule has 0 unspecified atom stereocenters. The van der Waals surface area contributed by atoms with Crippen molar-refractivity contribution in [2.45, 2.75) is 44.9 Å². The van der Waals surface area contributed by atoms with E-state index >= 15 is 0 Å². The fourth-order valence-electron chi connectivity index (χ4n) is 4.13. The first-order chi connectivity index (χ1) is 12.3. The van der Waals surface area contributed by atoms with Crippen molar-refractivity contribution in [2.24, 2.45) is 0 Å². The lowest BCUT2D eigenvalue weighted by Gasteiger charge is -2.43. The second-order valence-electron chi connectivity index (χ2n) is 7.17. The smallest absolute Gasteiger partial charge is 0.357 e. The molecular formula is C19H20F3N3O. The lowest BCUT2D eigenvalue weighted by molar-refractivity contribution is -0.137. The maximum atomic E-state index is 13.0. The Morgan fingerprint density at radius 1 is 1.19 bits per heavy atom. The van der Waals surface area contributed by atoms with Crippen molar-refractivity contribution in [1.82, 2.24) is 9.88 Å². The molecule has 1 amide bonds. The topological polar surface area (TPSA) is 36.4 Å². The van der Waals surface area contributed by atoms with Crippen molar-refractivity contribution in [2.75, 3.05) is 18.0 Å². The number of fused-ring (bicyclic) bond motifs is 2. The molecule has 2 fully saturated rings. The zero-order chi connectivity index (χ0) is 18.6. The molecule has 26 heavy (non-hydrogen) atoms. The van der Waals surface area contributed by atoms with E-state index in [2.05, 4.69) is 4.98 Å². The number of hydrogen-bond donors (Lipinski definition) is 0. The Bertz CT molecular complexity index is 880. The summed E-state index contributed by atoms with van der Waals surface area (Å²) >= 11 is 0. The van der Waals surface area contributed by atoms with Crippen LogP contribution in [0.15, 0.2) is 24.3 Å². The van der Waals surface area contributed by atoms with Gasteiger partial charge in [-0.3, -0.25) is 9.78 Å². The largest absolute Gasteiger partial charge is 0.416 e. The van der Waals surface area contributed by atoms with E-state index in [0.717, 1.165) is 37.2 Å². The highest BCUT2D eigenvalue weighted by Gasteiger charge is 2.41. The summed E-state index contributed by atoms with van der Waals surface area (Å²) in [6, 6.07) is 5.35. The molecule has 0 N–H and O–H groups in total. The molecule has 0 spiro atoms. The van der Waals surface area contributed by atoms with Crippen LogP contribution in [0.4, 0.5) is 18.9 Å². The summed E-state index contributed by atoms with van der Waals surface area (Å²) in [6.07, 6.45) is -2.43. The van der Waals surface area contributed by atoms with Crippen molar-refractivity contribution in [3.63, 3.8) is 0 Å². The number of aryl methyl sites for hydroxylation is 1. The first-order valence-corrected chi connectivity index (χ1v) is 8.81. The summed E-state index contributed by atoms with van der Waals surface area (Å²) in [5, 5.41) is 0.648. The third kappa shape index (κ3) is 2.70. The molecule has 3 heterocycles. The van der Waals surface area contributed by atoms with Crippen LogP contribution in [-0.2, 0) is 11.0 Å². The number of amides is 1. The third-order valence-corrected chi connectivity index (χ3v) is 5.45. The number of benzene rings is 1. The Hall–Kier alpha value is -2.31. The van der Waals surface area contributed by atoms with Crippen molar-refractivity contribution >= 4 is 22.5 Å². The van der Waals surface area contributed by atoms with Gasteiger partial charge >= 0.3 is 6.18 Å². The minimum atomic E-state index is -4.40. The second-order valence-corrected chi connectivity index (χ2v) is 7.17. The first kappa shape index (κ1) is 17.1. The van der Waals surface area contributed by atoms with Gasteiger partial charge in [-0.2, -0.15) is 13.2 Å². The molecule has 0 aliphatic carbocycles. The molecule has 2 aliphatic rings. The monoisotopic (exact) mass is 363 g/mol. The predicted octanol–water partition coefficient (Wildman–Crippen LogP) is 3.76. The van der Waals surface area contributed by atoms with Crippen LogP contribution in [0, 0.1) is 6.92 Å². The molecule has 2 atom stereocenters. The van der Waals surface area contributed by atoms with Crippen LogP contribution in [0.3, 0.4) is 0 Å². The lowest BCUT2D eigenvalue weighted by Crippen LogP contribution is -2.58. The Morgan fingerprint density at radius 2 is 1.96 bits per heavy atom. The molecule has 7 heteroatoms. The van der Waals surface area contributed by atoms with Crippen LogP contribution in [0.5, 0.6) is 0 Å². The standard InChI is InChI=1S/C19H20F3N3O/c1-11-8-17(15-6-5-13(19(20,21)22)9-16(15)23-11)25-10-14-4-3-7-24(14)18(26)12(25)2/h5-6,8-9,12,14H,3-4,7,10H2,1-2H3/t12-,14+/m0/s1. The van der Waals surface area contributed by atoms with Gasteiger partial charge in [-0.15, -0.1) is 0 Å². The SMILES string of the molecule is Cc1cc(N2C[C@H]3CCCN3C(=O)[C@@H]2C)c2ccc(C(F)(F)F)cc2n1. The number of alkyl halides is 3. The van der Waals surface area contributed by atoms with Gasteiger partial charge in [-0.25, -0.2) is 0 Å². The van der Waals surface area contributed by atoms with Crippen molar-refractivity contribution < 1.29 is 18.0 Å². The molecule has 2 aromatic rings. The molecule has 1 aromatic carbocycles. The Balaban J connectivity index is 1.82. The van der Waals surface area contributed by atoms with Crippen LogP contribution in [0.2, 0.25) is 0 Å². The van der Waals surface area contributed by atoms with Gasteiger partial charge in [0, 0.05) is 35.9 Å². The fourth-order valence-corrected chi connectivity index (χ4v) is 4.13. The van der Waals surface area contributed by atoms with Gasteiger partial charge in [0.25, 0.3) is 0 Å². The molecule has 1 aromatic heterocycles. The molecule has 4 nitrogen and oxygen atoms in total. The van der Waals surface area contributed by atoms with Gasteiger partial charge in [0.05, 0.1) is 11.1 Å². The molecule has 0 bridgehead atoms. The van der Waals surface area contributed by atoms with Gasteiger partial charge in [0.1, 0.15) is 6.04 Å². The number of aromatic nitrogens is 1. The fraction of sp³-hybridized carbons (Fsp3) is 0.474. The van der Waals surface area contributed by atoms with E-state index in [-0.39, 0.29) is 18.0 Å². The van der Waals surface area contributed by atoms with Gasteiger partial charge in [-0.1, -0.05) is 6.07 Å². The number of carbonyl (C=O) groups is 1. The first-order valence-electron chi connectivity index (χ1n) is 8.81. The van der Waals surface area contributed by atoms with E-state index in [9.17, 15) is 18.0 Å². The molecule has 2 saturated heterocycles. The minimum Gasteiger partial charge on any atom is -0.357 e. The Kier molecular flexibility index (Phi) is 3.86. The van der Waals surface area contributed by atoms with Crippen LogP contribution in [-0.4, -0.2) is 41.0 Å². The van der Waals surface area contributed by atoms with Gasteiger partial charge in [-0.05, 0) is 44.9 Å². The van der Waals surface area contributed by atoms with E-state index in [0.29, 0.717) is 23.1 Å². The van der Waals surface area contributed by atoms with Gasteiger partial charge in [0.15, 0.2) is 0 Å². The lowest BCUT2D eigenvalue weighted by atomic mass is 10.0. The molecule has 0 saturated carbocycles. The van der Waals surface area contributed by atoms with Crippen LogP contribution >= 0.6 is 0 Å². The van der Waals surface area contributed by atoms with E-state index in [1.165, 1.54) is 6.07 Å². The quantitative estimate of drug-likeness (QED) is 0.774. The van der Waals surface area contributed by atoms with Crippen molar-refractivity contribution in [1.29, 1.82) is 0 Å². The number of halogens is 3. The van der Waals surface area contributed by atoms with Gasteiger partial charge < -0.3 is 9.80 Å². The van der Waals surface area contributed by atoms with Crippen LogP contribution in [0.25, 0.3) is 10.9 Å². The number of piperazine rings is 1. The van der Waals surface area contributed by atoms with E-state index < -0.39 is 11.7 Å². The number of pyridine rings is 1. The summed E-state index contributed by atoms with van der Waals surface area (Å²) in [4.78, 5) is 21.0. The summed E-state index contributed by atoms with van der Waals surface area (Å²) < 4.78 is 39.1. The highest BCUT2D eigenvalue weighted by atomic mass is 19.4. The van der Waals surface area contributed by atoms with Crippen LogP contribution < -0.4 is 4.90 Å². The minimum absolute atomic E-state index is 0.0910. The van der Waals surface area contributed by atoms with E-state index in [4.69, 9.17) is 0 Å². The highest BCUT2D eigenvalue weighted by molar-refractivity contribution is 5.96. The number of rotatable bonds is 1. The highest BCUT2D eigenvalue weighted by Crippen LogP contribution is 2.36. The van der Waals surface area contributed by atoms with E-state index in [1.54, 1.807) is 6.92 Å². The summed E-state index contributed by atoms with van der Waals surface area (Å²) in [5.74, 6) is 0.0910. The third-order valence-electron chi connectivity index (χ3n) is 5.45. The zero-order valence-electron chi connectivity index (χ0n) is 14.7. The van der Waals surface area contributed by atoms with E-state index in [1.807, 2.05) is 22.8 Å². The summed E-state index contributed by atoms with van der Waals surface area (Å²) in [5.41, 5.74) is 1.02. The van der Waals surface area contributed by atoms with Crippen LogP contribution in [0.1, 0.15) is 31.0 Å². The molecule has 2 aliphatic heterocycles. The normalized spacial score (nSPS) is 23.7. The van der Waals surface area contributed by atoms with Crippen molar-refractivity contribution in [3.8, 4) is 0 Å². The molecule has 0 radical (unpaired) electrons. The summed E-state index contributed by atoms with van der Waals surface area (Å²) in [6.45, 7) is 5.13. The van der Waals surface area contributed by atoms with Crippen molar-refractivity contribution in [3.05, 3.63) is 35.5 Å². The number of hydrogen-bond acceptors (Lipinski definition) is 3.